The maximum atomic E-state index is 12.5. The van der Waals surface area contributed by atoms with E-state index < -0.39 is 0 Å². The number of benzene rings is 2. The Kier molecular flexibility index (Phi) is 6.11. The standard InChI is InChI=1S/C22H23N3O3/c1-15-5-4-6-16(11-15)14-24-22(26)20-12-17(9-10-23-20)25-19-8-7-18(27-2)13-21(19)28-3/h4-13H,14H2,1-3H3,(H,23,25)(H,24,26). The summed E-state index contributed by atoms with van der Waals surface area (Å²) >= 11 is 0. The second-order valence-electron chi connectivity index (χ2n) is 6.29. The Hall–Kier alpha value is -3.54. The van der Waals surface area contributed by atoms with Crippen molar-refractivity contribution in [1.82, 2.24) is 10.3 Å². The molecule has 3 aromatic rings. The summed E-state index contributed by atoms with van der Waals surface area (Å²) in [6, 6.07) is 17.0. The van der Waals surface area contributed by atoms with Gasteiger partial charge in [0.25, 0.3) is 5.91 Å². The predicted octanol–water partition coefficient (Wildman–Crippen LogP) is 4.08. The molecule has 0 spiro atoms. The molecule has 0 aliphatic carbocycles. The number of carbonyl (C=O) groups is 1. The van der Waals surface area contributed by atoms with Crippen LogP contribution in [-0.2, 0) is 6.54 Å². The molecular formula is C22H23N3O3. The van der Waals surface area contributed by atoms with Crippen LogP contribution in [0, 0.1) is 6.92 Å². The molecule has 3 rings (SSSR count). The molecule has 2 N–H and O–H groups in total. The molecule has 6 heteroatoms. The fourth-order valence-corrected chi connectivity index (χ4v) is 2.78. The minimum atomic E-state index is -0.230. The first-order chi connectivity index (χ1) is 13.6. The minimum absolute atomic E-state index is 0.230. The van der Waals surface area contributed by atoms with Gasteiger partial charge in [-0.2, -0.15) is 0 Å². The van der Waals surface area contributed by atoms with Crippen LogP contribution in [0.1, 0.15) is 21.6 Å². The summed E-state index contributed by atoms with van der Waals surface area (Å²) in [5.74, 6) is 1.11. The average Bonchev–Trinajstić information content (AvgIpc) is 2.72. The van der Waals surface area contributed by atoms with E-state index in [1.54, 1.807) is 38.6 Å². The van der Waals surface area contributed by atoms with Crippen LogP contribution >= 0.6 is 0 Å². The van der Waals surface area contributed by atoms with Crippen LogP contribution < -0.4 is 20.1 Å². The lowest BCUT2D eigenvalue weighted by Crippen LogP contribution is -2.23. The monoisotopic (exact) mass is 377 g/mol. The number of ether oxygens (including phenoxy) is 2. The van der Waals surface area contributed by atoms with Crippen LogP contribution in [0.25, 0.3) is 0 Å². The summed E-state index contributed by atoms with van der Waals surface area (Å²) in [6.45, 7) is 2.47. The molecule has 0 fully saturated rings. The molecule has 1 heterocycles. The molecule has 6 nitrogen and oxygen atoms in total. The maximum Gasteiger partial charge on any atom is 0.270 e. The molecule has 144 valence electrons. The van der Waals surface area contributed by atoms with Crippen molar-refractivity contribution in [3.8, 4) is 11.5 Å². The zero-order valence-electron chi connectivity index (χ0n) is 16.2. The van der Waals surface area contributed by atoms with Gasteiger partial charge in [0.2, 0.25) is 0 Å². The Morgan fingerprint density at radius 3 is 2.64 bits per heavy atom. The van der Waals surface area contributed by atoms with E-state index in [9.17, 15) is 4.79 Å². The smallest absolute Gasteiger partial charge is 0.270 e. The lowest BCUT2D eigenvalue weighted by atomic mass is 10.1. The van der Waals surface area contributed by atoms with Gasteiger partial charge >= 0.3 is 0 Å². The molecular weight excluding hydrogens is 354 g/mol. The molecule has 0 unspecified atom stereocenters. The highest BCUT2D eigenvalue weighted by Gasteiger charge is 2.10. The number of hydrogen-bond donors (Lipinski definition) is 2. The van der Waals surface area contributed by atoms with Gasteiger partial charge in [0.05, 0.1) is 19.9 Å². The summed E-state index contributed by atoms with van der Waals surface area (Å²) in [5.41, 5.74) is 4.04. The normalized spacial score (nSPS) is 10.2. The lowest BCUT2D eigenvalue weighted by molar-refractivity contribution is 0.0946. The van der Waals surface area contributed by atoms with Crippen molar-refractivity contribution in [3.05, 3.63) is 77.6 Å². The molecule has 2 aromatic carbocycles. The van der Waals surface area contributed by atoms with E-state index in [0.29, 0.717) is 23.7 Å². The van der Waals surface area contributed by atoms with Crippen LogP contribution in [-0.4, -0.2) is 25.1 Å². The fraction of sp³-hybridized carbons (Fsp3) is 0.182. The van der Waals surface area contributed by atoms with Crippen molar-refractivity contribution in [2.24, 2.45) is 0 Å². The van der Waals surface area contributed by atoms with Crippen molar-refractivity contribution in [2.75, 3.05) is 19.5 Å². The number of methoxy groups -OCH3 is 2. The Labute approximate surface area is 164 Å². The van der Waals surface area contributed by atoms with Crippen molar-refractivity contribution >= 4 is 17.3 Å². The third-order valence-electron chi connectivity index (χ3n) is 4.22. The molecule has 0 atom stereocenters. The molecule has 0 bridgehead atoms. The molecule has 0 aliphatic heterocycles. The molecule has 1 aromatic heterocycles. The molecule has 0 saturated heterocycles. The van der Waals surface area contributed by atoms with Gasteiger partial charge in [-0.15, -0.1) is 0 Å². The first-order valence-corrected chi connectivity index (χ1v) is 8.88. The van der Waals surface area contributed by atoms with Gasteiger partial charge in [0, 0.05) is 24.5 Å². The Balaban J connectivity index is 1.70. The number of pyridine rings is 1. The van der Waals surface area contributed by atoms with E-state index in [-0.39, 0.29) is 5.91 Å². The number of rotatable bonds is 7. The predicted molar refractivity (Wildman–Crippen MR) is 109 cm³/mol. The number of carbonyl (C=O) groups excluding carboxylic acids is 1. The van der Waals surface area contributed by atoms with Gasteiger partial charge < -0.3 is 20.1 Å². The van der Waals surface area contributed by atoms with Gasteiger partial charge in [0.1, 0.15) is 17.2 Å². The molecule has 0 aliphatic rings. The van der Waals surface area contributed by atoms with Gasteiger partial charge in [-0.05, 0) is 36.8 Å². The highest BCUT2D eigenvalue weighted by Crippen LogP contribution is 2.31. The van der Waals surface area contributed by atoms with Gasteiger partial charge in [-0.3, -0.25) is 9.78 Å². The van der Waals surface area contributed by atoms with E-state index in [1.807, 2.05) is 43.3 Å². The second-order valence-corrected chi connectivity index (χ2v) is 6.29. The summed E-state index contributed by atoms with van der Waals surface area (Å²) in [4.78, 5) is 16.6. The SMILES string of the molecule is COc1ccc(Nc2ccnc(C(=O)NCc3cccc(C)c3)c2)c(OC)c1. The first kappa shape index (κ1) is 19.2. The average molecular weight is 377 g/mol. The lowest BCUT2D eigenvalue weighted by Gasteiger charge is -2.13. The zero-order valence-corrected chi connectivity index (χ0v) is 16.2. The Morgan fingerprint density at radius 1 is 1.04 bits per heavy atom. The van der Waals surface area contributed by atoms with Crippen LogP contribution in [0.2, 0.25) is 0 Å². The van der Waals surface area contributed by atoms with Crippen molar-refractivity contribution in [3.63, 3.8) is 0 Å². The summed E-state index contributed by atoms with van der Waals surface area (Å²) in [6.07, 6.45) is 1.60. The topological polar surface area (TPSA) is 72.5 Å². The van der Waals surface area contributed by atoms with Crippen molar-refractivity contribution < 1.29 is 14.3 Å². The third kappa shape index (κ3) is 4.79. The van der Waals surface area contributed by atoms with Gasteiger partial charge in [-0.1, -0.05) is 29.8 Å². The number of amides is 1. The largest absolute Gasteiger partial charge is 0.497 e. The van der Waals surface area contributed by atoms with Crippen LogP contribution in [0.3, 0.4) is 0 Å². The summed E-state index contributed by atoms with van der Waals surface area (Å²) < 4.78 is 10.6. The number of hydrogen-bond acceptors (Lipinski definition) is 5. The summed E-state index contributed by atoms with van der Waals surface area (Å²) in [5, 5.41) is 6.15. The number of nitrogens with zero attached hydrogens (tertiary/aromatic N) is 1. The second kappa shape index (κ2) is 8.90. The fourth-order valence-electron chi connectivity index (χ4n) is 2.78. The third-order valence-corrected chi connectivity index (χ3v) is 4.22. The van der Waals surface area contributed by atoms with E-state index in [1.165, 1.54) is 0 Å². The quantitative estimate of drug-likeness (QED) is 0.649. The highest BCUT2D eigenvalue weighted by molar-refractivity contribution is 5.93. The van der Waals surface area contributed by atoms with Crippen LogP contribution in [0.15, 0.2) is 60.8 Å². The van der Waals surface area contributed by atoms with Gasteiger partial charge in [0.15, 0.2) is 0 Å². The Morgan fingerprint density at radius 2 is 1.89 bits per heavy atom. The first-order valence-electron chi connectivity index (χ1n) is 8.88. The summed E-state index contributed by atoms with van der Waals surface area (Å²) in [7, 11) is 3.20. The zero-order chi connectivity index (χ0) is 19.9. The minimum Gasteiger partial charge on any atom is -0.497 e. The molecule has 1 amide bonds. The van der Waals surface area contributed by atoms with Gasteiger partial charge in [-0.25, -0.2) is 0 Å². The highest BCUT2D eigenvalue weighted by atomic mass is 16.5. The van der Waals surface area contributed by atoms with Crippen molar-refractivity contribution in [1.29, 1.82) is 0 Å². The van der Waals surface area contributed by atoms with E-state index in [0.717, 1.165) is 22.5 Å². The van der Waals surface area contributed by atoms with Crippen molar-refractivity contribution in [2.45, 2.75) is 13.5 Å². The molecule has 0 saturated carbocycles. The molecule has 28 heavy (non-hydrogen) atoms. The van der Waals surface area contributed by atoms with Crippen LogP contribution in [0.5, 0.6) is 11.5 Å². The Bertz CT molecular complexity index is 973. The van der Waals surface area contributed by atoms with E-state index >= 15 is 0 Å². The van der Waals surface area contributed by atoms with Crippen LogP contribution in [0.4, 0.5) is 11.4 Å². The number of anilines is 2. The number of aryl methyl sites for hydroxylation is 1. The maximum absolute atomic E-state index is 12.5. The van der Waals surface area contributed by atoms with E-state index in [2.05, 4.69) is 15.6 Å². The van der Waals surface area contributed by atoms with E-state index in [4.69, 9.17) is 9.47 Å². The molecule has 0 radical (unpaired) electrons. The number of aromatic nitrogens is 1. The number of nitrogens with one attached hydrogen (secondary N) is 2.